The number of anilines is 1. The zero-order valence-corrected chi connectivity index (χ0v) is 11.6. The predicted molar refractivity (Wildman–Crippen MR) is 84.3 cm³/mol. The van der Waals surface area contributed by atoms with Gasteiger partial charge in [0.1, 0.15) is 0 Å². The predicted octanol–water partition coefficient (Wildman–Crippen LogP) is 3.84. The fourth-order valence-electron chi connectivity index (χ4n) is 2.98. The number of para-hydroxylation sites is 2. The van der Waals surface area contributed by atoms with Gasteiger partial charge in [0, 0.05) is 22.8 Å². The van der Waals surface area contributed by atoms with Gasteiger partial charge in [-0.2, -0.15) is 0 Å². The lowest BCUT2D eigenvalue weighted by molar-refractivity contribution is -0.118. The Balaban J connectivity index is 1.69. The average molecular weight is 276 g/mol. The second kappa shape index (κ2) is 4.48. The Labute approximate surface area is 123 Å². The first-order valence-electron chi connectivity index (χ1n) is 7.23. The summed E-state index contributed by atoms with van der Waals surface area (Å²) in [6, 6.07) is 17.8. The van der Waals surface area contributed by atoms with Crippen LogP contribution in [0, 0.1) is 0 Å². The number of amides is 1. The minimum atomic E-state index is -0.366. The number of hydrogen-bond acceptors (Lipinski definition) is 1. The molecule has 0 bridgehead atoms. The van der Waals surface area contributed by atoms with Crippen LogP contribution in [0.1, 0.15) is 18.4 Å². The molecule has 1 heterocycles. The minimum Gasteiger partial charge on any atom is -0.361 e. The maximum absolute atomic E-state index is 12.7. The van der Waals surface area contributed by atoms with Crippen LogP contribution in [0.3, 0.4) is 0 Å². The topological polar surface area (TPSA) is 44.9 Å². The van der Waals surface area contributed by atoms with Crippen LogP contribution >= 0.6 is 0 Å². The molecule has 104 valence electrons. The summed E-state index contributed by atoms with van der Waals surface area (Å²) in [5.41, 5.74) is 2.70. The van der Waals surface area contributed by atoms with Crippen LogP contribution in [0.5, 0.6) is 0 Å². The highest BCUT2D eigenvalue weighted by Gasteiger charge is 2.52. The molecule has 3 nitrogen and oxygen atoms in total. The number of aromatic amines is 1. The van der Waals surface area contributed by atoms with E-state index in [9.17, 15) is 4.79 Å². The fourth-order valence-corrected chi connectivity index (χ4v) is 2.98. The monoisotopic (exact) mass is 276 g/mol. The third-order valence-electron chi connectivity index (χ3n) is 4.32. The van der Waals surface area contributed by atoms with Crippen molar-refractivity contribution < 1.29 is 4.79 Å². The Kier molecular flexibility index (Phi) is 2.61. The standard InChI is InChI=1S/C18H16N2O/c21-17(20-13-6-2-1-3-7-13)18(10-11-18)15-12-19-16-9-5-4-8-14(15)16/h1-9,12,19H,10-11H2,(H,20,21). The van der Waals surface area contributed by atoms with Crippen molar-refractivity contribution in [3.05, 3.63) is 66.4 Å². The number of rotatable bonds is 3. The molecule has 1 saturated carbocycles. The van der Waals surface area contributed by atoms with Crippen molar-refractivity contribution >= 4 is 22.5 Å². The van der Waals surface area contributed by atoms with E-state index in [1.807, 2.05) is 54.7 Å². The minimum absolute atomic E-state index is 0.0958. The molecule has 0 saturated heterocycles. The molecule has 0 atom stereocenters. The third-order valence-corrected chi connectivity index (χ3v) is 4.32. The van der Waals surface area contributed by atoms with Gasteiger partial charge in [0.05, 0.1) is 5.41 Å². The number of nitrogens with one attached hydrogen (secondary N) is 2. The molecule has 0 aliphatic heterocycles. The zero-order valence-electron chi connectivity index (χ0n) is 11.6. The van der Waals surface area contributed by atoms with Gasteiger partial charge in [-0.25, -0.2) is 0 Å². The molecule has 0 spiro atoms. The SMILES string of the molecule is O=C(Nc1ccccc1)C1(c2c[nH]c3ccccc23)CC1. The second-order valence-electron chi connectivity index (χ2n) is 5.65. The molecule has 0 radical (unpaired) electrons. The van der Waals surface area contributed by atoms with Gasteiger partial charge < -0.3 is 10.3 Å². The van der Waals surface area contributed by atoms with Crippen LogP contribution in [-0.2, 0) is 10.2 Å². The van der Waals surface area contributed by atoms with E-state index in [0.717, 1.165) is 35.0 Å². The Morgan fingerprint density at radius 2 is 1.71 bits per heavy atom. The maximum atomic E-state index is 12.7. The van der Waals surface area contributed by atoms with E-state index >= 15 is 0 Å². The lowest BCUT2D eigenvalue weighted by atomic mass is 9.94. The van der Waals surface area contributed by atoms with Crippen LogP contribution < -0.4 is 5.32 Å². The Morgan fingerprint density at radius 1 is 1.00 bits per heavy atom. The summed E-state index contributed by atoms with van der Waals surface area (Å²) >= 11 is 0. The maximum Gasteiger partial charge on any atom is 0.235 e. The molecular formula is C18H16N2O. The van der Waals surface area contributed by atoms with Crippen molar-refractivity contribution in [3.8, 4) is 0 Å². The van der Waals surface area contributed by atoms with Gasteiger partial charge in [0.2, 0.25) is 5.91 Å². The highest BCUT2D eigenvalue weighted by atomic mass is 16.2. The summed E-state index contributed by atoms with van der Waals surface area (Å²) in [5, 5.41) is 4.20. The quantitative estimate of drug-likeness (QED) is 0.750. The molecule has 1 fully saturated rings. The van der Waals surface area contributed by atoms with Crippen LogP contribution in [0.25, 0.3) is 10.9 Å². The number of benzene rings is 2. The summed E-state index contributed by atoms with van der Waals surface area (Å²) in [6.45, 7) is 0. The van der Waals surface area contributed by atoms with E-state index in [1.54, 1.807) is 0 Å². The van der Waals surface area contributed by atoms with Gasteiger partial charge in [-0.15, -0.1) is 0 Å². The largest absolute Gasteiger partial charge is 0.361 e. The van der Waals surface area contributed by atoms with Crippen LogP contribution in [0.4, 0.5) is 5.69 Å². The molecule has 1 aromatic heterocycles. The summed E-state index contributed by atoms with van der Waals surface area (Å²) in [6.07, 6.45) is 3.81. The van der Waals surface area contributed by atoms with Crippen LogP contribution in [0.2, 0.25) is 0 Å². The molecule has 2 N–H and O–H groups in total. The van der Waals surface area contributed by atoms with E-state index in [-0.39, 0.29) is 11.3 Å². The number of carbonyl (C=O) groups is 1. The summed E-state index contributed by atoms with van der Waals surface area (Å²) in [4.78, 5) is 16.0. The van der Waals surface area contributed by atoms with E-state index in [4.69, 9.17) is 0 Å². The highest BCUT2D eigenvalue weighted by Crippen LogP contribution is 2.51. The number of H-pyrrole nitrogens is 1. The van der Waals surface area contributed by atoms with E-state index in [2.05, 4.69) is 16.4 Å². The Bertz CT molecular complexity index is 800. The van der Waals surface area contributed by atoms with Crippen LogP contribution in [-0.4, -0.2) is 10.9 Å². The number of hydrogen-bond donors (Lipinski definition) is 2. The molecule has 3 aromatic rings. The molecule has 0 unspecified atom stereocenters. The lowest BCUT2D eigenvalue weighted by Crippen LogP contribution is -2.27. The molecule has 4 rings (SSSR count). The van der Waals surface area contributed by atoms with Crippen molar-refractivity contribution in [1.82, 2.24) is 4.98 Å². The molecule has 1 aliphatic carbocycles. The molecule has 3 heteroatoms. The molecule has 1 aliphatic rings. The average Bonchev–Trinajstić information content (AvgIpc) is 3.22. The molecular weight excluding hydrogens is 260 g/mol. The van der Waals surface area contributed by atoms with Crippen molar-refractivity contribution in [2.24, 2.45) is 0 Å². The van der Waals surface area contributed by atoms with Crippen molar-refractivity contribution in [2.45, 2.75) is 18.3 Å². The van der Waals surface area contributed by atoms with Crippen molar-refractivity contribution in [3.63, 3.8) is 0 Å². The van der Waals surface area contributed by atoms with Gasteiger partial charge in [0.15, 0.2) is 0 Å². The van der Waals surface area contributed by atoms with Crippen molar-refractivity contribution in [2.75, 3.05) is 5.32 Å². The molecule has 2 aromatic carbocycles. The third kappa shape index (κ3) is 1.93. The number of carbonyl (C=O) groups excluding carboxylic acids is 1. The Hall–Kier alpha value is -2.55. The fraction of sp³-hybridized carbons (Fsp3) is 0.167. The summed E-state index contributed by atoms with van der Waals surface area (Å²) < 4.78 is 0. The smallest absolute Gasteiger partial charge is 0.235 e. The Morgan fingerprint density at radius 3 is 2.48 bits per heavy atom. The van der Waals surface area contributed by atoms with E-state index in [0.29, 0.717) is 0 Å². The summed E-state index contributed by atoms with van der Waals surface area (Å²) in [5.74, 6) is 0.0958. The summed E-state index contributed by atoms with van der Waals surface area (Å²) in [7, 11) is 0. The zero-order chi connectivity index (χ0) is 14.3. The highest BCUT2D eigenvalue weighted by molar-refractivity contribution is 6.04. The number of fused-ring (bicyclic) bond motifs is 1. The van der Waals surface area contributed by atoms with Gasteiger partial charge in [-0.1, -0.05) is 36.4 Å². The lowest BCUT2D eigenvalue weighted by Gasteiger charge is -2.15. The first-order valence-corrected chi connectivity index (χ1v) is 7.23. The van der Waals surface area contributed by atoms with Gasteiger partial charge in [-0.3, -0.25) is 4.79 Å². The number of aromatic nitrogens is 1. The van der Waals surface area contributed by atoms with Gasteiger partial charge in [-0.05, 0) is 36.6 Å². The van der Waals surface area contributed by atoms with Crippen molar-refractivity contribution in [1.29, 1.82) is 0 Å². The normalized spacial score (nSPS) is 15.8. The van der Waals surface area contributed by atoms with Gasteiger partial charge in [0.25, 0.3) is 0 Å². The van der Waals surface area contributed by atoms with E-state index in [1.165, 1.54) is 0 Å². The molecule has 1 amide bonds. The molecule has 21 heavy (non-hydrogen) atoms. The first-order chi connectivity index (χ1) is 10.3. The second-order valence-corrected chi connectivity index (χ2v) is 5.65. The van der Waals surface area contributed by atoms with Gasteiger partial charge >= 0.3 is 0 Å². The first kappa shape index (κ1) is 12.2. The van der Waals surface area contributed by atoms with Crippen LogP contribution in [0.15, 0.2) is 60.8 Å². The van der Waals surface area contributed by atoms with E-state index < -0.39 is 0 Å².